The van der Waals surface area contributed by atoms with E-state index in [2.05, 4.69) is 10.6 Å². The number of hydrogen-bond donors (Lipinski definition) is 3. The molecule has 224 valence electrons. The van der Waals surface area contributed by atoms with E-state index in [-0.39, 0.29) is 5.91 Å². The van der Waals surface area contributed by atoms with Gasteiger partial charge in [-0.2, -0.15) is 0 Å². The van der Waals surface area contributed by atoms with E-state index in [1.807, 2.05) is 50.2 Å². The second-order valence-electron chi connectivity index (χ2n) is 11.3. The Morgan fingerprint density at radius 2 is 1.81 bits per heavy atom. The Morgan fingerprint density at radius 3 is 2.49 bits per heavy atom. The molecule has 3 aromatic rings. The fraction of sp³-hybridized carbons (Fsp3) is 0.364. The number of carbonyl (C=O) groups excluding carboxylic acids is 3. The highest BCUT2D eigenvalue weighted by Crippen LogP contribution is 2.60. The molecule has 0 saturated carbocycles. The van der Waals surface area contributed by atoms with Crippen LogP contribution in [0.2, 0.25) is 5.02 Å². The standard InChI is InChI=1S/C33H34ClN3O6/c1-3-42-22-14-12-21(13-15-22)35-30(39)26-25-16-17-33(43-25)27(26)32(41)37(24(18-38)20-9-5-4-6-10-20)29(33)31(40)36-28-19(2)8-7-11-23(28)34/h4-15,24-27,29,38H,3,16-18H2,1-2H3,(H,35,39)(H,36,40)/t24-,25-,26+,27+,29?,33?/m1/s1. The Hall–Kier alpha value is -3.92. The highest BCUT2D eigenvalue weighted by molar-refractivity contribution is 6.34. The minimum atomic E-state index is -1.25. The van der Waals surface area contributed by atoms with Gasteiger partial charge < -0.3 is 30.1 Å². The fourth-order valence-electron chi connectivity index (χ4n) is 7.06. The van der Waals surface area contributed by atoms with Crippen LogP contribution >= 0.6 is 11.6 Å². The van der Waals surface area contributed by atoms with Crippen LogP contribution in [0.1, 0.15) is 36.9 Å². The van der Waals surface area contributed by atoms with Crippen molar-refractivity contribution in [2.24, 2.45) is 11.8 Å². The summed E-state index contributed by atoms with van der Waals surface area (Å²) in [5.41, 5.74) is 1.19. The maximum atomic E-state index is 14.5. The van der Waals surface area contributed by atoms with Crippen molar-refractivity contribution >= 4 is 40.7 Å². The number of halogens is 1. The zero-order valence-corrected chi connectivity index (χ0v) is 24.7. The molecule has 0 aliphatic carbocycles. The molecule has 43 heavy (non-hydrogen) atoms. The number of ether oxygens (including phenoxy) is 2. The number of nitrogens with one attached hydrogen (secondary N) is 2. The van der Waals surface area contributed by atoms with E-state index < -0.39 is 54.0 Å². The SMILES string of the molecule is CCOc1ccc(NC(=O)[C@@H]2[C@H]3C(=O)N([C@H](CO)c4ccccc4)C(C(=O)Nc4c(C)cccc4Cl)C34CC[C@H]2O4)cc1. The highest BCUT2D eigenvalue weighted by Gasteiger charge is 2.75. The molecule has 3 aromatic carbocycles. The van der Waals surface area contributed by atoms with Crippen molar-refractivity contribution in [3.8, 4) is 5.75 Å². The predicted molar refractivity (Wildman–Crippen MR) is 162 cm³/mol. The summed E-state index contributed by atoms with van der Waals surface area (Å²) < 4.78 is 12.0. The average Bonchev–Trinajstić information content (AvgIpc) is 3.65. The van der Waals surface area contributed by atoms with Gasteiger partial charge in [0.25, 0.3) is 0 Å². The van der Waals surface area contributed by atoms with Crippen LogP contribution in [0.15, 0.2) is 72.8 Å². The molecular weight excluding hydrogens is 570 g/mol. The van der Waals surface area contributed by atoms with Crippen molar-refractivity contribution in [2.75, 3.05) is 23.8 Å². The highest BCUT2D eigenvalue weighted by atomic mass is 35.5. The van der Waals surface area contributed by atoms with Crippen molar-refractivity contribution in [2.45, 2.75) is 50.5 Å². The monoisotopic (exact) mass is 603 g/mol. The molecule has 3 aliphatic rings. The van der Waals surface area contributed by atoms with Gasteiger partial charge >= 0.3 is 0 Å². The molecule has 2 unspecified atom stereocenters. The van der Waals surface area contributed by atoms with Crippen LogP contribution in [0.3, 0.4) is 0 Å². The zero-order chi connectivity index (χ0) is 30.3. The molecule has 3 fully saturated rings. The van der Waals surface area contributed by atoms with Crippen LogP contribution in [0, 0.1) is 18.8 Å². The number of benzene rings is 3. The lowest BCUT2D eigenvalue weighted by molar-refractivity contribution is -0.143. The number of aliphatic hydroxyl groups is 1. The van der Waals surface area contributed by atoms with Crippen molar-refractivity contribution < 1.29 is 29.0 Å². The summed E-state index contributed by atoms with van der Waals surface area (Å²) >= 11 is 6.46. The molecule has 0 radical (unpaired) electrons. The van der Waals surface area contributed by atoms with Gasteiger partial charge in [-0.1, -0.05) is 54.1 Å². The predicted octanol–water partition coefficient (Wildman–Crippen LogP) is 4.73. The number of nitrogens with zero attached hydrogens (tertiary/aromatic N) is 1. The van der Waals surface area contributed by atoms with Gasteiger partial charge in [-0.25, -0.2) is 0 Å². The lowest BCUT2D eigenvalue weighted by Gasteiger charge is -2.37. The molecule has 3 heterocycles. The number of anilines is 2. The molecule has 3 aliphatic heterocycles. The molecule has 1 spiro atoms. The van der Waals surface area contributed by atoms with Gasteiger partial charge in [-0.15, -0.1) is 0 Å². The van der Waals surface area contributed by atoms with Gasteiger partial charge in [0.05, 0.1) is 47.9 Å². The maximum Gasteiger partial charge on any atom is 0.250 e. The normalized spacial score (nSPS) is 26.2. The Bertz CT molecular complexity index is 1510. The quantitative estimate of drug-likeness (QED) is 0.325. The smallest absolute Gasteiger partial charge is 0.250 e. The van der Waals surface area contributed by atoms with E-state index in [4.69, 9.17) is 21.1 Å². The molecule has 3 amide bonds. The van der Waals surface area contributed by atoms with Gasteiger partial charge in [0.1, 0.15) is 17.4 Å². The number of fused-ring (bicyclic) bond motifs is 1. The number of hydrogen-bond acceptors (Lipinski definition) is 6. The number of likely N-dealkylation sites (tertiary alicyclic amines) is 1. The van der Waals surface area contributed by atoms with E-state index in [0.29, 0.717) is 47.2 Å². The molecule has 0 aromatic heterocycles. The third-order valence-electron chi connectivity index (χ3n) is 8.89. The summed E-state index contributed by atoms with van der Waals surface area (Å²) in [6, 6.07) is 19.5. The first-order valence-corrected chi connectivity index (χ1v) is 14.9. The van der Waals surface area contributed by atoms with E-state index >= 15 is 0 Å². The summed E-state index contributed by atoms with van der Waals surface area (Å²) in [4.78, 5) is 44.0. The first kappa shape index (κ1) is 29.2. The average molecular weight is 604 g/mol. The zero-order valence-electron chi connectivity index (χ0n) is 24.0. The van der Waals surface area contributed by atoms with Crippen LogP contribution in [0.4, 0.5) is 11.4 Å². The van der Waals surface area contributed by atoms with Gasteiger partial charge in [0.15, 0.2) is 0 Å². The third kappa shape index (κ3) is 4.95. The second kappa shape index (κ2) is 11.6. The van der Waals surface area contributed by atoms with Gasteiger partial charge in [0, 0.05) is 5.69 Å². The molecular formula is C33H34ClN3O6. The number of rotatable bonds is 9. The number of carbonyl (C=O) groups is 3. The number of aliphatic hydroxyl groups excluding tert-OH is 1. The summed E-state index contributed by atoms with van der Waals surface area (Å²) in [6.07, 6.45) is 0.410. The summed E-state index contributed by atoms with van der Waals surface area (Å²) in [5, 5.41) is 16.9. The summed E-state index contributed by atoms with van der Waals surface area (Å²) in [6.45, 7) is 3.84. The van der Waals surface area contributed by atoms with Crippen LogP contribution in [0.5, 0.6) is 5.75 Å². The van der Waals surface area contributed by atoms with E-state index in [1.54, 1.807) is 36.4 Å². The van der Waals surface area contributed by atoms with Crippen molar-refractivity contribution in [1.29, 1.82) is 0 Å². The van der Waals surface area contributed by atoms with Crippen LogP contribution in [-0.2, 0) is 19.1 Å². The first-order valence-electron chi connectivity index (χ1n) is 14.5. The van der Waals surface area contributed by atoms with E-state index in [9.17, 15) is 19.5 Å². The minimum absolute atomic E-state index is 0.350. The van der Waals surface area contributed by atoms with Crippen molar-refractivity contribution in [3.63, 3.8) is 0 Å². The largest absolute Gasteiger partial charge is 0.494 e. The van der Waals surface area contributed by atoms with Crippen molar-refractivity contribution in [3.05, 3.63) is 88.9 Å². The topological polar surface area (TPSA) is 117 Å². The van der Waals surface area contributed by atoms with E-state index in [0.717, 1.165) is 5.56 Å². The molecule has 3 N–H and O–H groups in total. The Morgan fingerprint density at radius 1 is 1.07 bits per heavy atom. The van der Waals surface area contributed by atoms with Crippen LogP contribution < -0.4 is 15.4 Å². The Balaban J connectivity index is 1.37. The number of para-hydroxylation sites is 1. The molecule has 6 atom stereocenters. The number of aryl methyl sites for hydroxylation is 1. The summed E-state index contributed by atoms with van der Waals surface area (Å²) in [7, 11) is 0. The fourth-order valence-corrected chi connectivity index (χ4v) is 7.33. The van der Waals surface area contributed by atoms with Crippen molar-refractivity contribution in [1.82, 2.24) is 4.90 Å². The molecule has 6 rings (SSSR count). The Kier molecular flexibility index (Phi) is 7.89. The molecule has 9 nitrogen and oxygen atoms in total. The van der Waals surface area contributed by atoms with Gasteiger partial charge in [-0.3, -0.25) is 14.4 Å². The third-order valence-corrected chi connectivity index (χ3v) is 9.20. The molecule has 10 heteroatoms. The lowest BCUT2D eigenvalue weighted by atomic mass is 9.70. The van der Waals surface area contributed by atoms with E-state index in [1.165, 1.54) is 4.90 Å². The van der Waals surface area contributed by atoms with Gasteiger partial charge in [0.2, 0.25) is 17.7 Å². The first-order chi connectivity index (χ1) is 20.8. The lowest BCUT2D eigenvalue weighted by Crippen LogP contribution is -2.54. The molecule has 3 saturated heterocycles. The second-order valence-corrected chi connectivity index (χ2v) is 11.7. The number of amides is 3. The van der Waals surface area contributed by atoms with Crippen LogP contribution in [0.25, 0.3) is 0 Å². The molecule has 2 bridgehead atoms. The van der Waals surface area contributed by atoms with Gasteiger partial charge in [-0.05, 0) is 68.1 Å². The minimum Gasteiger partial charge on any atom is -0.494 e. The summed E-state index contributed by atoms with van der Waals surface area (Å²) in [5.74, 6) is -2.26. The maximum absolute atomic E-state index is 14.5. The van der Waals surface area contributed by atoms with Crippen LogP contribution in [-0.4, -0.2) is 58.7 Å². The Labute approximate surface area is 255 Å².